The lowest BCUT2D eigenvalue weighted by atomic mass is 10.1. The zero-order valence-corrected chi connectivity index (χ0v) is 16.4. The second kappa shape index (κ2) is 10.2. The summed E-state index contributed by atoms with van der Waals surface area (Å²) in [5.74, 6) is 0.467. The molecule has 1 heterocycles. The number of hydrogen-bond donors (Lipinski definition) is 1. The Morgan fingerprint density at radius 2 is 1.71 bits per heavy atom. The SMILES string of the molecule is COc1ccc(CCN2CCN(CCC(=O)Nc3cccc(F)c3)CC2)cc1. The van der Waals surface area contributed by atoms with Crippen LogP contribution in [0.15, 0.2) is 48.5 Å². The number of benzene rings is 2. The average molecular weight is 385 g/mol. The molecule has 150 valence electrons. The Kier molecular flexibility index (Phi) is 7.39. The van der Waals surface area contributed by atoms with Crippen molar-refractivity contribution in [3.8, 4) is 5.75 Å². The van der Waals surface area contributed by atoms with Gasteiger partial charge in [-0.25, -0.2) is 4.39 Å². The molecule has 2 aromatic rings. The van der Waals surface area contributed by atoms with E-state index in [9.17, 15) is 9.18 Å². The Bertz CT molecular complexity index is 759. The minimum Gasteiger partial charge on any atom is -0.497 e. The molecule has 1 fully saturated rings. The number of nitrogens with zero attached hydrogens (tertiary/aromatic N) is 2. The summed E-state index contributed by atoms with van der Waals surface area (Å²) in [4.78, 5) is 16.8. The van der Waals surface area contributed by atoms with Crippen molar-refractivity contribution in [1.29, 1.82) is 0 Å². The van der Waals surface area contributed by atoms with E-state index in [4.69, 9.17) is 4.74 Å². The van der Waals surface area contributed by atoms with E-state index < -0.39 is 0 Å². The summed E-state index contributed by atoms with van der Waals surface area (Å²) in [6.45, 7) is 5.74. The third-order valence-electron chi connectivity index (χ3n) is 5.10. The van der Waals surface area contributed by atoms with Crippen LogP contribution in [0, 0.1) is 5.82 Å². The van der Waals surface area contributed by atoms with Crippen molar-refractivity contribution >= 4 is 11.6 Å². The lowest BCUT2D eigenvalue weighted by Crippen LogP contribution is -2.47. The summed E-state index contributed by atoms with van der Waals surface area (Å²) < 4.78 is 18.4. The summed E-state index contributed by atoms with van der Waals surface area (Å²) in [5.41, 5.74) is 1.82. The molecule has 0 aliphatic carbocycles. The minimum atomic E-state index is -0.344. The Morgan fingerprint density at radius 1 is 1.04 bits per heavy atom. The standard InChI is InChI=1S/C22H28FN3O2/c1-28-21-7-5-18(6-8-21)9-11-25-13-15-26(16-14-25)12-10-22(27)24-20-4-2-3-19(23)17-20/h2-8,17H,9-16H2,1H3,(H,24,27). The van der Waals surface area contributed by atoms with Crippen molar-refractivity contribution in [2.45, 2.75) is 12.8 Å². The van der Waals surface area contributed by atoms with Crippen LogP contribution in [0.25, 0.3) is 0 Å². The molecular formula is C22H28FN3O2. The number of amides is 1. The number of methoxy groups -OCH3 is 1. The second-order valence-corrected chi connectivity index (χ2v) is 7.09. The van der Waals surface area contributed by atoms with Gasteiger partial charge in [-0.05, 0) is 42.3 Å². The number of anilines is 1. The first-order chi connectivity index (χ1) is 13.6. The van der Waals surface area contributed by atoms with Gasteiger partial charge in [-0.15, -0.1) is 0 Å². The molecule has 3 rings (SSSR count). The second-order valence-electron chi connectivity index (χ2n) is 7.09. The van der Waals surface area contributed by atoms with Gasteiger partial charge >= 0.3 is 0 Å². The van der Waals surface area contributed by atoms with Crippen LogP contribution >= 0.6 is 0 Å². The lowest BCUT2D eigenvalue weighted by Gasteiger charge is -2.34. The van der Waals surface area contributed by atoms with Crippen LogP contribution in [-0.2, 0) is 11.2 Å². The molecule has 1 saturated heterocycles. The summed E-state index contributed by atoms with van der Waals surface area (Å²) in [7, 11) is 1.68. The molecule has 1 aliphatic rings. The van der Waals surface area contributed by atoms with Gasteiger partial charge < -0.3 is 19.9 Å². The zero-order chi connectivity index (χ0) is 19.8. The van der Waals surface area contributed by atoms with Gasteiger partial charge in [0.05, 0.1) is 7.11 Å². The normalized spacial score (nSPS) is 15.4. The largest absolute Gasteiger partial charge is 0.497 e. The van der Waals surface area contributed by atoms with E-state index in [1.54, 1.807) is 19.2 Å². The van der Waals surface area contributed by atoms with Gasteiger partial charge in [-0.2, -0.15) is 0 Å². The van der Waals surface area contributed by atoms with Crippen LogP contribution in [0.2, 0.25) is 0 Å². The molecule has 0 unspecified atom stereocenters. The number of piperazine rings is 1. The quantitative estimate of drug-likeness (QED) is 0.759. The zero-order valence-electron chi connectivity index (χ0n) is 16.4. The van der Waals surface area contributed by atoms with E-state index in [0.29, 0.717) is 12.1 Å². The molecule has 0 atom stereocenters. The van der Waals surface area contributed by atoms with Crippen molar-refractivity contribution < 1.29 is 13.9 Å². The highest BCUT2D eigenvalue weighted by molar-refractivity contribution is 5.90. The van der Waals surface area contributed by atoms with Gasteiger partial charge in [0, 0.05) is 51.4 Å². The Morgan fingerprint density at radius 3 is 2.36 bits per heavy atom. The maximum atomic E-state index is 13.2. The molecule has 0 radical (unpaired) electrons. The predicted molar refractivity (Wildman–Crippen MR) is 109 cm³/mol. The first kappa shape index (κ1) is 20.3. The topological polar surface area (TPSA) is 44.8 Å². The molecular weight excluding hydrogens is 357 g/mol. The van der Waals surface area contributed by atoms with E-state index in [-0.39, 0.29) is 11.7 Å². The predicted octanol–water partition coefficient (Wildman–Crippen LogP) is 3.02. The highest BCUT2D eigenvalue weighted by Gasteiger charge is 2.17. The van der Waals surface area contributed by atoms with E-state index in [1.165, 1.54) is 17.7 Å². The number of carbonyl (C=O) groups is 1. The third-order valence-corrected chi connectivity index (χ3v) is 5.10. The van der Waals surface area contributed by atoms with Crippen LogP contribution in [0.5, 0.6) is 5.75 Å². The first-order valence-corrected chi connectivity index (χ1v) is 9.75. The van der Waals surface area contributed by atoms with Crippen molar-refractivity contribution in [2.24, 2.45) is 0 Å². The molecule has 0 bridgehead atoms. The van der Waals surface area contributed by atoms with E-state index in [2.05, 4.69) is 27.2 Å². The number of ether oxygens (including phenoxy) is 1. The maximum Gasteiger partial charge on any atom is 0.225 e. The number of carbonyl (C=O) groups excluding carboxylic acids is 1. The molecule has 1 aliphatic heterocycles. The van der Waals surface area contributed by atoms with Crippen molar-refractivity contribution in [2.75, 3.05) is 51.7 Å². The van der Waals surface area contributed by atoms with Crippen LogP contribution in [0.1, 0.15) is 12.0 Å². The fourth-order valence-electron chi connectivity index (χ4n) is 3.37. The molecule has 1 amide bonds. The Labute approximate surface area is 166 Å². The van der Waals surface area contributed by atoms with Crippen molar-refractivity contribution in [1.82, 2.24) is 9.80 Å². The number of halogens is 1. The highest BCUT2D eigenvalue weighted by atomic mass is 19.1. The van der Waals surface area contributed by atoms with E-state index in [0.717, 1.165) is 51.4 Å². The molecule has 0 spiro atoms. The third kappa shape index (κ3) is 6.32. The fourth-order valence-corrected chi connectivity index (χ4v) is 3.37. The van der Waals surface area contributed by atoms with Gasteiger partial charge in [-0.3, -0.25) is 4.79 Å². The molecule has 5 nitrogen and oxygen atoms in total. The Hall–Kier alpha value is -2.44. The molecule has 0 aromatic heterocycles. The molecule has 28 heavy (non-hydrogen) atoms. The maximum absolute atomic E-state index is 13.2. The van der Waals surface area contributed by atoms with Gasteiger partial charge in [0.25, 0.3) is 0 Å². The summed E-state index contributed by atoms with van der Waals surface area (Å²) >= 11 is 0. The van der Waals surface area contributed by atoms with Gasteiger partial charge in [0.1, 0.15) is 11.6 Å². The van der Waals surface area contributed by atoms with E-state index in [1.807, 2.05) is 12.1 Å². The smallest absolute Gasteiger partial charge is 0.225 e. The number of hydrogen-bond acceptors (Lipinski definition) is 4. The monoisotopic (exact) mass is 385 g/mol. The molecule has 6 heteroatoms. The van der Waals surface area contributed by atoms with Crippen LogP contribution in [0.3, 0.4) is 0 Å². The lowest BCUT2D eigenvalue weighted by molar-refractivity contribution is -0.116. The van der Waals surface area contributed by atoms with Crippen LogP contribution in [0.4, 0.5) is 10.1 Å². The summed E-state index contributed by atoms with van der Waals surface area (Å²) in [6, 6.07) is 14.2. The fraction of sp³-hybridized carbons (Fsp3) is 0.409. The van der Waals surface area contributed by atoms with Gasteiger partial charge in [0.15, 0.2) is 0 Å². The van der Waals surface area contributed by atoms with Gasteiger partial charge in [0.2, 0.25) is 5.91 Å². The minimum absolute atomic E-state index is 0.0764. The van der Waals surface area contributed by atoms with Crippen molar-refractivity contribution in [3.63, 3.8) is 0 Å². The van der Waals surface area contributed by atoms with Gasteiger partial charge in [-0.1, -0.05) is 18.2 Å². The van der Waals surface area contributed by atoms with Crippen LogP contribution in [-0.4, -0.2) is 62.1 Å². The van der Waals surface area contributed by atoms with E-state index >= 15 is 0 Å². The number of rotatable bonds is 8. The molecule has 1 N–H and O–H groups in total. The van der Waals surface area contributed by atoms with Crippen molar-refractivity contribution in [3.05, 3.63) is 59.9 Å². The molecule has 0 saturated carbocycles. The average Bonchev–Trinajstić information content (AvgIpc) is 2.72. The van der Waals surface area contributed by atoms with Crippen LogP contribution < -0.4 is 10.1 Å². The summed E-state index contributed by atoms with van der Waals surface area (Å²) in [5, 5.41) is 2.75. The molecule has 2 aromatic carbocycles. The Balaban J connectivity index is 1.33. The highest BCUT2D eigenvalue weighted by Crippen LogP contribution is 2.13. The first-order valence-electron chi connectivity index (χ1n) is 9.75. The summed E-state index contributed by atoms with van der Waals surface area (Å²) in [6.07, 6.45) is 1.45. The number of nitrogens with one attached hydrogen (secondary N) is 1.